The van der Waals surface area contributed by atoms with E-state index >= 15 is 0 Å². The van der Waals surface area contributed by atoms with Gasteiger partial charge in [-0.1, -0.05) is 24.3 Å². The van der Waals surface area contributed by atoms with E-state index in [9.17, 15) is 19.4 Å². The molecule has 3 aromatic rings. The Morgan fingerprint density at radius 3 is 2.64 bits per heavy atom. The summed E-state index contributed by atoms with van der Waals surface area (Å²) in [5.74, 6) is -1.66. The van der Waals surface area contributed by atoms with Gasteiger partial charge in [0.2, 0.25) is 5.89 Å². The van der Waals surface area contributed by atoms with Gasteiger partial charge in [0.1, 0.15) is 10.7 Å². The Bertz CT molecular complexity index is 938. The molecule has 0 saturated carbocycles. The normalized spacial score (nSPS) is 11.5. The van der Waals surface area contributed by atoms with Gasteiger partial charge in [-0.3, -0.25) is 0 Å². The van der Waals surface area contributed by atoms with Crippen LogP contribution < -0.4 is 5.11 Å². The summed E-state index contributed by atoms with van der Waals surface area (Å²) < 4.78 is 18.3. The fourth-order valence-corrected chi connectivity index (χ4v) is 2.62. The molecule has 0 atom stereocenters. The molecule has 0 spiro atoms. The molecule has 6 nitrogen and oxygen atoms in total. The molecule has 0 aliphatic heterocycles. The van der Waals surface area contributed by atoms with Crippen LogP contribution in [0.2, 0.25) is 0 Å². The number of benzene rings is 2. The van der Waals surface area contributed by atoms with Crippen molar-refractivity contribution >= 4 is 23.8 Å². The van der Waals surface area contributed by atoms with Crippen LogP contribution >= 0.6 is 11.8 Å². The number of nitrogens with zero attached hydrogens (tertiary/aromatic N) is 2. The first-order valence-corrected chi connectivity index (χ1v) is 7.82. The van der Waals surface area contributed by atoms with E-state index in [2.05, 4.69) is 10.2 Å². The molecule has 126 valence electrons. The zero-order chi connectivity index (χ0) is 17.8. The number of carboxylic acids is 1. The Labute approximate surface area is 145 Å². The van der Waals surface area contributed by atoms with Gasteiger partial charge in [0.05, 0.1) is 0 Å². The minimum absolute atomic E-state index is 0.0197. The Hall–Kier alpha value is -3.13. The van der Waals surface area contributed by atoms with Crippen molar-refractivity contribution in [2.24, 2.45) is 0 Å². The maximum Gasteiger partial charge on any atom is 0.342 e. The molecule has 0 fully saturated rings. The SMILES string of the molecule is O=C(O)/C(=C\c1cccc([O-])c1)Sc1nnc(-c2ccc(F)cc2)o1. The van der Waals surface area contributed by atoms with E-state index in [0.29, 0.717) is 11.1 Å². The second kappa shape index (κ2) is 7.18. The van der Waals surface area contributed by atoms with Gasteiger partial charge in [-0.05, 0) is 47.7 Å². The molecular weight excluding hydrogens is 347 g/mol. The van der Waals surface area contributed by atoms with E-state index in [0.717, 1.165) is 11.8 Å². The Kier molecular flexibility index (Phi) is 4.80. The second-order valence-electron chi connectivity index (χ2n) is 4.87. The lowest BCUT2D eigenvalue weighted by atomic mass is 10.2. The average Bonchev–Trinajstić information content (AvgIpc) is 3.03. The van der Waals surface area contributed by atoms with Gasteiger partial charge in [-0.15, -0.1) is 15.9 Å². The second-order valence-corrected chi connectivity index (χ2v) is 5.86. The zero-order valence-corrected chi connectivity index (χ0v) is 13.4. The first-order valence-electron chi connectivity index (χ1n) is 7.00. The van der Waals surface area contributed by atoms with E-state index < -0.39 is 11.8 Å². The van der Waals surface area contributed by atoms with Gasteiger partial charge < -0.3 is 14.6 Å². The summed E-state index contributed by atoms with van der Waals surface area (Å²) in [6.45, 7) is 0. The van der Waals surface area contributed by atoms with Gasteiger partial charge >= 0.3 is 5.97 Å². The third-order valence-corrected chi connectivity index (χ3v) is 3.91. The largest absolute Gasteiger partial charge is 0.872 e. The van der Waals surface area contributed by atoms with Gasteiger partial charge in [0.15, 0.2) is 0 Å². The first-order chi connectivity index (χ1) is 12.0. The smallest absolute Gasteiger partial charge is 0.342 e. The van der Waals surface area contributed by atoms with Crippen LogP contribution in [-0.2, 0) is 4.79 Å². The van der Waals surface area contributed by atoms with Gasteiger partial charge in [0, 0.05) is 5.56 Å². The topological polar surface area (TPSA) is 99.3 Å². The van der Waals surface area contributed by atoms with Crippen LogP contribution in [0.5, 0.6) is 5.75 Å². The van der Waals surface area contributed by atoms with Crippen molar-refractivity contribution in [2.75, 3.05) is 0 Å². The zero-order valence-electron chi connectivity index (χ0n) is 12.5. The predicted octanol–water partition coefficient (Wildman–Crippen LogP) is 3.17. The van der Waals surface area contributed by atoms with Gasteiger partial charge in [-0.25, -0.2) is 9.18 Å². The van der Waals surface area contributed by atoms with Crippen LogP contribution in [0.3, 0.4) is 0 Å². The van der Waals surface area contributed by atoms with Crippen molar-refractivity contribution in [3.63, 3.8) is 0 Å². The maximum atomic E-state index is 12.9. The molecule has 0 bridgehead atoms. The summed E-state index contributed by atoms with van der Waals surface area (Å²) >= 11 is 0.761. The molecule has 0 aliphatic carbocycles. The van der Waals surface area contributed by atoms with Crippen molar-refractivity contribution in [3.8, 4) is 17.2 Å². The highest BCUT2D eigenvalue weighted by molar-refractivity contribution is 8.03. The summed E-state index contributed by atoms with van der Waals surface area (Å²) in [7, 11) is 0. The van der Waals surface area contributed by atoms with Crippen molar-refractivity contribution in [1.82, 2.24) is 10.2 Å². The highest BCUT2D eigenvalue weighted by atomic mass is 32.2. The van der Waals surface area contributed by atoms with E-state index in [1.165, 1.54) is 48.5 Å². The molecule has 0 saturated heterocycles. The van der Waals surface area contributed by atoms with Crippen LogP contribution in [0, 0.1) is 5.82 Å². The van der Waals surface area contributed by atoms with Crippen molar-refractivity contribution in [3.05, 3.63) is 64.8 Å². The summed E-state index contributed by atoms with van der Waals surface area (Å²) in [6.07, 6.45) is 1.34. The van der Waals surface area contributed by atoms with E-state index in [-0.39, 0.29) is 21.8 Å². The maximum absolute atomic E-state index is 12.9. The van der Waals surface area contributed by atoms with E-state index in [1.54, 1.807) is 6.07 Å². The number of thioether (sulfide) groups is 1. The molecule has 0 radical (unpaired) electrons. The molecule has 1 N–H and O–H groups in total. The molecule has 3 rings (SSSR count). The summed E-state index contributed by atoms with van der Waals surface area (Å²) in [4.78, 5) is 11.3. The third-order valence-electron chi connectivity index (χ3n) is 3.06. The van der Waals surface area contributed by atoms with Crippen molar-refractivity contribution in [1.29, 1.82) is 0 Å². The molecule has 2 aromatic carbocycles. The quantitative estimate of drug-likeness (QED) is 0.553. The van der Waals surface area contributed by atoms with Gasteiger partial charge in [0.25, 0.3) is 5.22 Å². The predicted molar refractivity (Wildman–Crippen MR) is 87.0 cm³/mol. The lowest BCUT2D eigenvalue weighted by Crippen LogP contribution is -1.97. The third kappa shape index (κ3) is 4.24. The van der Waals surface area contributed by atoms with Crippen LogP contribution in [-0.4, -0.2) is 21.3 Å². The average molecular weight is 357 g/mol. The number of rotatable bonds is 5. The Morgan fingerprint density at radius 2 is 1.96 bits per heavy atom. The number of hydrogen-bond donors (Lipinski definition) is 1. The summed E-state index contributed by atoms with van der Waals surface area (Å²) in [5.41, 5.74) is 0.969. The minimum atomic E-state index is -1.19. The summed E-state index contributed by atoms with van der Waals surface area (Å²) in [5, 5.41) is 28.3. The number of carboxylic acid groups (broad SMARTS) is 1. The van der Waals surface area contributed by atoms with Crippen LogP contribution in [0.15, 0.2) is 63.1 Å². The number of halogens is 1. The molecule has 0 unspecified atom stereocenters. The van der Waals surface area contributed by atoms with E-state index in [1.807, 2.05) is 0 Å². The van der Waals surface area contributed by atoms with Crippen LogP contribution in [0.1, 0.15) is 5.56 Å². The lowest BCUT2D eigenvalue weighted by molar-refractivity contribution is -0.268. The van der Waals surface area contributed by atoms with Crippen LogP contribution in [0.4, 0.5) is 4.39 Å². The number of hydrogen-bond acceptors (Lipinski definition) is 6. The fourth-order valence-electron chi connectivity index (χ4n) is 1.94. The molecule has 0 aliphatic rings. The number of aromatic nitrogens is 2. The van der Waals surface area contributed by atoms with Crippen LogP contribution in [0.25, 0.3) is 17.5 Å². The number of carbonyl (C=O) groups is 1. The minimum Gasteiger partial charge on any atom is -0.872 e. The number of aliphatic carboxylic acids is 1. The highest BCUT2D eigenvalue weighted by Crippen LogP contribution is 2.30. The Morgan fingerprint density at radius 1 is 1.20 bits per heavy atom. The lowest BCUT2D eigenvalue weighted by Gasteiger charge is -2.05. The van der Waals surface area contributed by atoms with Crippen molar-refractivity contribution < 1.29 is 23.8 Å². The molecule has 8 heteroatoms. The molecule has 0 amide bonds. The standard InChI is InChI=1S/C17H11FN2O4S/c18-12-6-4-11(5-7-12)15-19-20-17(24-15)25-14(16(22)23)9-10-2-1-3-13(21)8-10/h1-9,21H,(H,22,23)/p-1/b14-9+. The molecule has 25 heavy (non-hydrogen) atoms. The molecule has 1 aromatic heterocycles. The first kappa shape index (κ1) is 16.7. The van der Waals surface area contributed by atoms with E-state index in [4.69, 9.17) is 4.42 Å². The van der Waals surface area contributed by atoms with Crippen molar-refractivity contribution in [2.45, 2.75) is 5.22 Å². The fraction of sp³-hybridized carbons (Fsp3) is 0. The molecular formula is C17H10FN2O4S-. The summed E-state index contributed by atoms with van der Waals surface area (Å²) in [6, 6.07) is 11.3. The highest BCUT2D eigenvalue weighted by Gasteiger charge is 2.16. The van der Waals surface area contributed by atoms with Gasteiger partial charge in [-0.2, -0.15) is 0 Å². The molecule has 1 heterocycles. The Balaban J connectivity index is 1.84. The monoisotopic (exact) mass is 357 g/mol.